The summed E-state index contributed by atoms with van der Waals surface area (Å²) in [5, 5.41) is 0. The molecule has 6 heteroatoms. The Morgan fingerprint density at radius 3 is 2.60 bits per heavy atom. The van der Waals surface area contributed by atoms with Crippen molar-refractivity contribution in [1.29, 1.82) is 0 Å². The minimum atomic E-state index is 0.316. The van der Waals surface area contributed by atoms with Crippen LogP contribution in [-0.2, 0) is 6.42 Å². The Labute approximate surface area is 120 Å². The van der Waals surface area contributed by atoms with Crippen molar-refractivity contribution >= 4 is 5.82 Å². The summed E-state index contributed by atoms with van der Waals surface area (Å²) in [7, 11) is 0. The number of hydrogen-bond acceptors (Lipinski definition) is 6. The minimum Gasteiger partial charge on any atom is -0.308 e. The van der Waals surface area contributed by atoms with Crippen LogP contribution in [0.3, 0.4) is 0 Å². The number of hydrogen-bond donors (Lipinski definition) is 2. The number of nitrogen functional groups attached to an aromatic ring is 1. The smallest absolute Gasteiger partial charge is 0.149 e. The first-order chi connectivity index (χ1) is 9.65. The Hall–Kier alpha value is -1.24. The third-order valence-electron chi connectivity index (χ3n) is 4.14. The fraction of sp³-hybridized carbons (Fsp3) is 0.714. The molecular formula is C14H24N6. The number of nitrogens with two attached hydrogens (primary N) is 1. The summed E-state index contributed by atoms with van der Waals surface area (Å²) in [6, 6.07) is 2.27. The van der Waals surface area contributed by atoms with E-state index in [1.807, 2.05) is 6.07 Å². The van der Waals surface area contributed by atoms with Crippen LogP contribution in [0.4, 0.5) is 5.82 Å². The van der Waals surface area contributed by atoms with Crippen molar-refractivity contribution in [3.05, 3.63) is 17.6 Å². The topological polar surface area (TPSA) is 70.3 Å². The quantitative estimate of drug-likeness (QED) is 0.621. The Bertz CT molecular complexity index is 467. The number of rotatable bonds is 4. The molecule has 110 valence electrons. The Morgan fingerprint density at radius 1 is 1.30 bits per heavy atom. The highest BCUT2D eigenvalue weighted by Crippen LogP contribution is 2.27. The van der Waals surface area contributed by atoms with Gasteiger partial charge in [0.05, 0.1) is 6.04 Å². The molecule has 3 aliphatic rings. The molecule has 4 rings (SSSR count). The van der Waals surface area contributed by atoms with Gasteiger partial charge in [0.2, 0.25) is 0 Å². The van der Waals surface area contributed by atoms with E-state index in [2.05, 4.69) is 34.1 Å². The number of fused-ring (bicyclic) bond motifs is 3. The van der Waals surface area contributed by atoms with Gasteiger partial charge in [-0.25, -0.2) is 15.8 Å². The summed E-state index contributed by atoms with van der Waals surface area (Å²) >= 11 is 0. The second-order valence-corrected chi connectivity index (χ2v) is 6.20. The number of aromatic nitrogens is 2. The molecule has 20 heavy (non-hydrogen) atoms. The summed E-state index contributed by atoms with van der Waals surface area (Å²) in [4.78, 5) is 14.4. The first-order valence-electron chi connectivity index (χ1n) is 7.46. The van der Waals surface area contributed by atoms with Gasteiger partial charge in [-0.05, 0) is 12.3 Å². The molecule has 0 aromatic carbocycles. The lowest BCUT2D eigenvalue weighted by Crippen LogP contribution is -2.57. The monoisotopic (exact) mass is 276 g/mol. The zero-order valence-corrected chi connectivity index (χ0v) is 12.3. The van der Waals surface area contributed by atoms with Crippen LogP contribution in [0, 0.1) is 5.92 Å². The van der Waals surface area contributed by atoms with Gasteiger partial charge in [-0.1, -0.05) is 13.8 Å². The van der Waals surface area contributed by atoms with Crippen LogP contribution in [0.2, 0.25) is 0 Å². The van der Waals surface area contributed by atoms with Crippen molar-refractivity contribution in [3.8, 4) is 0 Å². The van der Waals surface area contributed by atoms with E-state index in [4.69, 9.17) is 10.8 Å². The maximum absolute atomic E-state index is 5.56. The predicted molar refractivity (Wildman–Crippen MR) is 79.1 cm³/mol. The second kappa shape index (κ2) is 5.63. The molecule has 4 heterocycles. The highest BCUT2D eigenvalue weighted by atomic mass is 15.4. The van der Waals surface area contributed by atoms with Gasteiger partial charge in [0.25, 0.3) is 0 Å². The molecule has 3 fully saturated rings. The van der Waals surface area contributed by atoms with Crippen LogP contribution in [0.15, 0.2) is 6.07 Å². The number of anilines is 1. The molecule has 1 atom stereocenters. The molecule has 0 saturated carbocycles. The van der Waals surface area contributed by atoms with Crippen LogP contribution in [0.5, 0.6) is 0 Å². The molecule has 1 aromatic heterocycles. The van der Waals surface area contributed by atoms with E-state index in [0.717, 1.165) is 43.4 Å². The summed E-state index contributed by atoms with van der Waals surface area (Å²) in [5.41, 5.74) is 3.76. The van der Waals surface area contributed by atoms with Gasteiger partial charge in [-0.15, -0.1) is 0 Å². The highest BCUT2D eigenvalue weighted by molar-refractivity contribution is 5.35. The lowest BCUT2D eigenvalue weighted by molar-refractivity contribution is 0.00861. The van der Waals surface area contributed by atoms with E-state index in [-0.39, 0.29) is 0 Å². The van der Waals surface area contributed by atoms with Gasteiger partial charge < -0.3 is 5.43 Å². The van der Waals surface area contributed by atoms with E-state index in [1.165, 1.54) is 13.1 Å². The van der Waals surface area contributed by atoms with Crippen LogP contribution in [0.1, 0.15) is 31.4 Å². The number of nitrogens with zero attached hydrogens (tertiary/aromatic N) is 4. The van der Waals surface area contributed by atoms with E-state index < -0.39 is 0 Å². The minimum absolute atomic E-state index is 0.316. The summed E-state index contributed by atoms with van der Waals surface area (Å²) < 4.78 is 0. The van der Waals surface area contributed by atoms with Crippen molar-refractivity contribution in [3.63, 3.8) is 0 Å². The first kappa shape index (κ1) is 13.7. The van der Waals surface area contributed by atoms with Gasteiger partial charge in [0, 0.05) is 44.5 Å². The predicted octanol–water partition coefficient (Wildman–Crippen LogP) is 0.633. The van der Waals surface area contributed by atoms with Gasteiger partial charge in [0.1, 0.15) is 11.6 Å². The molecule has 1 aromatic rings. The lowest BCUT2D eigenvalue weighted by atomic mass is 10.1. The summed E-state index contributed by atoms with van der Waals surface area (Å²) in [5.74, 6) is 7.78. The third-order valence-corrected chi connectivity index (χ3v) is 4.14. The molecular weight excluding hydrogens is 252 g/mol. The van der Waals surface area contributed by atoms with Gasteiger partial charge >= 0.3 is 0 Å². The average Bonchev–Trinajstić information content (AvgIpc) is 2.47. The zero-order chi connectivity index (χ0) is 14.1. The van der Waals surface area contributed by atoms with E-state index >= 15 is 0 Å². The van der Waals surface area contributed by atoms with Crippen LogP contribution in [-0.4, -0.2) is 52.5 Å². The largest absolute Gasteiger partial charge is 0.308 e. The van der Waals surface area contributed by atoms with E-state index in [1.54, 1.807) is 0 Å². The number of nitrogens with one attached hydrogen (secondary N) is 1. The van der Waals surface area contributed by atoms with Crippen molar-refractivity contribution in [2.45, 2.75) is 26.3 Å². The molecule has 6 nitrogen and oxygen atoms in total. The van der Waals surface area contributed by atoms with Gasteiger partial charge in [0.15, 0.2) is 0 Å². The SMILES string of the molecule is CC(C)Cc1cc(NN)nc(C2CN3CCN2CC3)n1. The maximum atomic E-state index is 5.56. The number of piperazine rings is 3. The molecule has 2 bridgehead atoms. The molecule has 0 radical (unpaired) electrons. The van der Waals surface area contributed by atoms with Crippen molar-refractivity contribution in [2.24, 2.45) is 11.8 Å². The molecule has 3 N–H and O–H groups in total. The van der Waals surface area contributed by atoms with Crippen molar-refractivity contribution < 1.29 is 0 Å². The Balaban J connectivity index is 1.88. The maximum Gasteiger partial charge on any atom is 0.149 e. The lowest BCUT2D eigenvalue weighted by Gasteiger charge is -2.46. The standard InChI is InChI=1S/C14H24N6/c1-10(2)7-11-8-13(18-15)17-14(16-11)12-9-19-3-5-20(12)6-4-19/h8,10,12H,3-7,9,15H2,1-2H3,(H,16,17,18). The fourth-order valence-corrected chi connectivity index (χ4v) is 3.13. The highest BCUT2D eigenvalue weighted by Gasteiger charge is 2.34. The first-order valence-corrected chi connectivity index (χ1v) is 7.46. The zero-order valence-electron chi connectivity index (χ0n) is 12.3. The molecule has 0 amide bonds. The molecule has 3 aliphatic heterocycles. The van der Waals surface area contributed by atoms with Crippen LogP contribution >= 0.6 is 0 Å². The van der Waals surface area contributed by atoms with Gasteiger partial charge in [-0.2, -0.15) is 0 Å². The summed E-state index contributed by atoms with van der Waals surface area (Å²) in [6.07, 6.45) is 0.959. The van der Waals surface area contributed by atoms with Crippen LogP contribution < -0.4 is 11.3 Å². The second-order valence-electron chi connectivity index (χ2n) is 6.20. The molecule has 3 saturated heterocycles. The molecule has 0 spiro atoms. The third kappa shape index (κ3) is 2.77. The summed E-state index contributed by atoms with van der Waals surface area (Å²) in [6.45, 7) is 10.0. The van der Waals surface area contributed by atoms with E-state index in [9.17, 15) is 0 Å². The van der Waals surface area contributed by atoms with E-state index in [0.29, 0.717) is 12.0 Å². The van der Waals surface area contributed by atoms with Crippen LogP contribution in [0.25, 0.3) is 0 Å². The normalized spacial score (nSPS) is 28.9. The molecule has 0 aliphatic carbocycles. The molecule has 1 unspecified atom stereocenters. The number of hydrazine groups is 1. The van der Waals surface area contributed by atoms with Gasteiger partial charge in [-0.3, -0.25) is 9.80 Å². The average molecular weight is 276 g/mol. The van der Waals surface area contributed by atoms with Crippen molar-refractivity contribution in [1.82, 2.24) is 19.8 Å². The fourth-order valence-electron chi connectivity index (χ4n) is 3.13. The van der Waals surface area contributed by atoms with Crippen molar-refractivity contribution in [2.75, 3.05) is 38.1 Å². The Kier molecular flexibility index (Phi) is 3.87. The Morgan fingerprint density at radius 2 is 2.05 bits per heavy atom.